The van der Waals surface area contributed by atoms with Crippen molar-refractivity contribution in [2.45, 2.75) is 19.3 Å². The van der Waals surface area contributed by atoms with Crippen molar-refractivity contribution in [3.63, 3.8) is 0 Å². The Morgan fingerprint density at radius 3 is 2.61 bits per heavy atom. The lowest BCUT2D eigenvalue weighted by molar-refractivity contribution is 0.389. The molecular formula is C14H18BrNO2. The Balaban J connectivity index is 2.85. The van der Waals surface area contributed by atoms with Crippen LogP contribution in [0.1, 0.15) is 24.8 Å². The molecule has 1 aromatic carbocycles. The van der Waals surface area contributed by atoms with Crippen molar-refractivity contribution >= 4 is 15.9 Å². The second-order valence-corrected chi connectivity index (χ2v) is 4.50. The first-order valence-electron chi connectivity index (χ1n) is 5.84. The maximum absolute atomic E-state index is 5.43. The van der Waals surface area contributed by atoms with Gasteiger partial charge in [-0.3, -0.25) is 0 Å². The summed E-state index contributed by atoms with van der Waals surface area (Å²) in [6.45, 7) is 0.721. The molecule has 0 spiro atoms. The van der Waals surface area contributed by atoms with E-state index >= 15 is 0 Å². The Morgan fingerprint density at radius 2 is 2.00 bits per heavy atom. The Morgan fingerprint density at radius 1 is 1.22 bits per heavy atom. The number of ether oxygens (including phenoxy) is 2. The van der Waals surface area contributed by atoms with Crippen LogP contribution < -0.4 is 15.2 Å². The summed E-state index contributed by atoms with van der Waals surface area (Å²) in [5.74, 6) is 7.69. The largest absolute Gasteiger partial charge is 0.495 e. The molecule has 0 aliphatic rings. The number of nitrogens with two attached hydrogens (primary N) is 1. The summed E-state index contributed by atoms with van der Waals surface area (Å²) in [7, 11) is 3.25. The molecule has 0 bridgehead atoms. The van der Waals surface area contributed by atoms with Gasteiger partial charge in [0.15, 0.2) is 5.75 Å². The van der Waals surface area contributed by atoms with E-state index in [1.807, 2.05) is 12.1 Å². The summed E-state index contributed by atoms with van der Waals surface area (Å²) >= 11 is 3.45. The number of unbranched alkanes of at least 4 members (excludes halogenated alkanes) is 2. The van der Waals surface area contributed by atoms with Gasteiger partial charge in [-0.2, -0.15) is 0 Å². The first kappa shape index (κ1) is 14.9. The predicted molar refractivity (Wildman–Crippen MR) is 77.0 cm³/mol. The van der Waals surface area contributed by atoms with E-state index in [4.69, 9.17) is 15.2 Å². The third-order valence-electron chi connectivity index (χ3n) is 2.46. The van der Waals surface area contributed by atoms with E-state index in [9.17, 15) is 0 Å². The van der Waals surface area contributed by atoms with Crippen LogP contribution in [0.2, 0.25) is 0 Å². The molecule has 0 unspecified atom stereocenters. The smallest absolute Gasteiger partial charge is 0.152 e. The minimum absolute atomic E-state index is 0.709. The monoisotopic (exact) mass is 311 g/mol. The van der Waals surface area contributed by atoms with Gasteiger partial charge >= 0.3 is 0 Å². The zero-order valence-corrected chi connectivity index (χ0v) is 12.3. The molecule has 0 saturated heterocycles. The molecule has 3 nitrogen and oxygen atoms in total. The van der Waals surface area contributed by atoms with Gasteiger partial charge in [0.1, 0.15) is 10.2 Å². The van der Waals surface area contributed by atoms with Crippen molar-refractivity contribution in [2.75, 3.05) is 20.8 Å². The Kier molecular flexibility index (Phi) is 6.63. The number of halogens is 1. The molecule has 0 aliphatic carbocycles. The number of rotatable bonds is 5. The second-order valence-electron chi connectivity index (χ2n) is 3.71. The van der Waals surface area contributed by atoms with Crippen molar-refractivity contribution < 1.29 is 9.47 Å². The lowest BCUT2D eigenvalue weighted by atomic mass is 10.1. The van der Waals surface area contributed by atoms with Crippen molar-refractivity contribution in [2.24, 2.45) is 5.73 Å². The maximum Gasteiger partial charge on any atom is 0.152 e. The van der Waals surface area contributed by atoms with Crippen molar-refractivity contribution in [3.05, 3.63) is 22.2 Å². The van der Waals surface area contributed by atoms with Gasteiger partial charge in [-0.15, -0.1) is 0 Å². The molecule has 1 rings (SSSR count). The van der Waals surface area contributed by atoms with Gasteiger partial charge in [-0.1, -0.05) is 11.8 Å². The topological polar surface area (TPSA) is 44.5 Å². The zero-order valence-electron chi connectivity index (χ0n) is 10.8. The van der Waals surface area contributed by atoms with Gasteiger partial charge < -0.3 is 15.2 Å². The van der Waals surface area contributed by atoms with E-state index < -0.39 is 0 Å². The minimum atomic E-state index is 0.709. The summed E-state index contributed by atoms with van der Waals surface area (Å²) < 4.78 is 11.4. The van der Waals surface area contributed by atoms with Crippen LogP contribution in [0.3, 0.4) is 0 Å². The molecule has 1 aromatic rings. The van der Waals surface area contributed by atoms with Gasteiger partial charge in [-0.25, -0.2) is 0 Å². The lowest BCUT2D eigenvalue weighted by Crippen LogP contribution is -1.97. The highest BCUT2D eigenvalue weighted by molar-refractivity contribution is 9.10. The summed E-state index contributed by atoms with van der Waals surface area (Å²) in [6.07, 6.45) is 2.89. The summed E-state index contributed by atoms with van der Waals surface area (Å²) in [5.41, 5.74) is 6.29. The van der Waals surface area contributed by atoms with Gasteiger partial charge in [-0.05, 0) is 47.4 Å². The van der Waals surface area contributed by atoms with Crippen LogP contribution in [0.5, 0.6) is 11.5 Å². The van der Waals surface area contributed by atoms with E-state index in [1.54, 1.807) is 14.2 Å². The summed E-state index contributed by atoms with van der Waals surface area (Å²) in [5, 5.41) is 0. The standard InChI is InChI=1S/C14H18BrNO2/c1-17-12-9-8-11(14(18-2)13(12)15)7-5-3-4-6-10-16/h8-9H,3-4,6,10,16H2,1-2H3. The average molecular weight is 312 g/mol. The van der Waals surface area contributed by atoms with Crippen LogP contribution in [-0.4, -0.2) is 20.8 Å². The van der Waals surface area contributed by atoms with Crippen LogP contribution in [-0.2, 0) is 0 Å². The van der Waals surface area contributed by atoms with Crippen LogP contribution >= 0.6 is 15.9 Å². The minimum Gasteiger partial charge on any atom is -0.495 e. The summed E-state index contributed by atoms with van der Waals surface area (Å²) in [4.78, 5) is 0. The molecule has 0 atom stereocenters. The van der Waals surface area contributed by atoms with Crippen molar-refractivity contribution in [1.29, 1.82) is 0 Å². The molecular weight excluding hydrogens is 294 g/mol. The lowest BCUT2D eigenvalue weighted by Gasteiger charge is -2.09. The first-order chi connectivity index (χ1) is 8.74. The Bertz CT molecular complexity index is 449. The fourth-order valence-corrected chi connectivity index (χ4v) is 2.18. The van der Waals surface area contributed by atoms with Gasteiger partial charge in [0.2, 0.25) is 0 Å². The highest BCUT2D eigenvalue weighted by atomic mass is 79.9. The van der Waals surface area contributed by atoms with Crippen LogP contribution in [0.15, 0.2) is 16.6 Å². The molecule has 18 heavy (non-hydrogen) atoms. The normalized spacial score (nSPS) is 9.56. The number of hydrogen-bond acceptors (Lipinski definition) is 3. The van der Waals surface area contributed by atoms with Crippen molar-refractivity contribution in [3.8, 4) is 23.3 Å². The van der Waals surface area contributed by atoms with Gasteiger partial charge in [0.25, 0.3) is 0 Å². The van der Waals surface area contributed by atoms with E-state index in [0.29, 0.717) is 5.75 Å². The van der Waals surface area contributed by atoms with Crippen LogP contribution in [0.4, 0.5) is 0 Å². The van der Waals surface area contributed by atoms with Gasteiger partial charge in [0, 0.05) is 6.42 Å². The Hall–Kier alpha value is -1.18. The SMILES string of the molecule is COc1ccc(C#CCCCCN)c(OC)c1Br. The van der Waals surface area contributed by atoms with E-state index in [1.165, 1.54) is 0 Å². The quantitative estimate of drug-likeness (QED) is 0.671. The highest BCUT2D eigenvalue weighted by Gasteiger charge is 2.10. The molecule has 0 radical (unpaired) electrons. The molecule has 0 aliphatic heterocycles. The summed E-state index contributed by atoms with van der Waals surface area (Å²) in [6, 6.07) is 3.77. The Labute approximate surface area is 117 Å². The maximum atomic E-state index is 5.43. The van der Waals surface area contributed by atoms with Crippen LogP contribution in [0.25, 0.3) is 0 Å². The van der Waals surface area contributed by atoms with Crippen molar-refractivity contribution in [1.82, 2.24) is 0 Å². The second kappa shape index (κ2) is 8.02. The zero-order chi connectivity index (χ0) is 13.4. The molecule has 4 heteroatoms. The molecule has 0 saturated carbocycles. The first-order valence-corrected chi connectivity index (χ1v) is 6.63. The molecule has 0 fully saturated rings. The predicted octanol–water partition coefficient (Wildman–Crippen LogP) is 2.95. The molecule has 0 amide bonds. The number of methoxy groups -OCH3 is 2. The average Bonchev–Trinajstić information content (AvgIpc) is 2.39. The van der Waals surface area contributed by atoms with E-state index in [2.05, 4.69) is 27.8 Å². The number of hydrogen-bond donors (Lipinski definition) is 1. The highest BCUT2D eigenvalue weighted by Crippen LogP contribution is 2.36. The van der Waals surface area contributed by atoms with E-state index in [-0.39, 0.29) is 0 Å². The molecule has 2 N–H and O–H groups in total. The molecule has 0 heterocycles. The van der Waals surface area contributed by atoms with E-state index in [0.717, 1.165) is 41.6 Å². The number of benzene rings is 1. The third-order valence-corrected chi connectivity index (χ3v) is 3.22. The van der Waals surface area contributed by atoms with Gasteiger partial charge in [0.05, 0.1) is 19.8 Å². The fourth-order valence-electron chi connectivity index (χ4n) is 1.51. The molecule has 98 valence electrons. The molecule has 0 aromatic heterocycles. The fraction of sp³-hybridized carbons (Fsp3) is 0.429. The third kappa shape index (κ3) is 3.94. The van der Waals surface area contributed by atoms with Crippen LogP contribution in [0, 0.1) is 11.8 Å².